The minimum absolute atomic E-state index is 0.101. The smallest absolute Gasteiger partial charge is 0.272 e. The van der Waals surface area contributed by atoms with Crippen molar-refractivity contribution >= 4 is 17.9 Å². The highest BCUT2D eigenvalue weighted by molar-refractivity contribution is 6.02. The molecule has 0 aromatic heterocycles. The molecular weight excluding hydrogens is 310 g/mol. The van der Waals surface area contributed by atoms with Crippen LogP contribution in [0.3, 0.4) is 0 Å². The van der Waals surface area contributed by atoms with Crippen LogP contribution in [0.25, 0.3) is 0 Å². The number of anilines is 1. The van der Waals surface area contributed by atoms with Crippen LogP contribution in [0.2, 0.25) is 0 Å². The van der Waals surface area contributed by atoms with Gasteiger partial charge >= 0.3 is 0 Å². The van der Waals surface area contributed by atoms with E-state index in [0.717, 1.165) is 0 Å². The minimum atomic E-state index is -0.832. The lowest BCUT2D eigenvalue weighted by Gasteiger charge is -2.35. The molecule has 1 aliphatic rings. The number of hydrogen-bond donors (Lipinski definition) is 1. The fourth-order valence-corrected chi connectivity index (χ4v) is 2.74. The summed E-state index contributed by atoms with van der Waals surface area (Å²) in [6.07, 6.45) is -0.158. The van der Waals surface area contributed by atoms with E-state index in [1.165, 1.54) is 12.0 Å². The van der Waals surface area contributed by atoms with Gasteiger partial charge in [-0.3, -0.25) is 9.59 Å². The number of aliphatic hydroxyl groups is 1. The van der Waals surface area contributed by atoms with Gasteiger partial charge < -0.3 is 19.5 Å². The van der Waals surface area contributed by atoms with Gasteiger partial charge in [-0.25, -0.2) is 0 Å². The first kappa shape index (κ1) is 16.0. The molecule has 0 radical (unpaired) electrons. The molecule has 6 heteroatoms. The van der Waals surface area contributed by atoms with Gasteiger partial charge in [0.25, 0.3) is 5.91 Å². The molecule has 1 heterocycles. The average Bonchev–Trinajstić information content (AvgIpc) is 2.63. The molecule has 1 aliphatic heterocycles. The highest BCUT2D eigenvalue weighted by Gasteiger charge is 2.37. The summed E-state index contributed by atoms with van der Waals surface area (Å²) in [6.45, 7) is -0.107. The Kier molecular flexibility index (Phi) is 4.48. The first-order chi connectivity index (χ1) is 11.7. The van der Waals surface area contributed by atoms with Crippen LogP contribution in [0.4, 0.5) is 5.69 Å². The molecule has 0 saturated carbocycles. The van der Waals surface area contributed by atoms with Gasteiger partial charge in [-0.1, -0.05) is 30.3 Å². The van der Waals surface area contributed by atoms with Crippen LogP contribution < -0.4 is 14.4 Å². The van der Waals surface area contributed by atoms with Crippen molar-refractivity contribution in [3.8, 4) is 11.5 Å². The molecule has 2 aromatic carbocycles. The van der Waals surface area contributed by atoms with E-state index in [0.29, 0.717) is 34.6 Å². The van der Waals surface area contributed by atoms with E-state index in [1.807, 2.05) is 18.2 Å². The van der Waals surface area contributed by atoms with Crippen LogP contribution in [0, 0.1) is 0 Å². The third kappa shape index (κ3) is 2.72. The van der Waals surface area contributed by atoms with Gasteiger partial charge in [0, 0.05) is 17.7 Å². The molecule has 6 nitrogen and oxygen atoms in total. The molecular formula is C18H17NO5. The number of rotatable bonds is 5. The molecule has 124 valence electrons. The molecule has 0 spiro atoms. The molecule has 0 aliphatic carbocycles. The Bertz CT molecular complexity index is 760. The second-order valence-corrected chi connectivity index (χ2v) is 5.31. The van der Waals surface area contributed by atoms with Gasteiger partial charge in [0.05, 0.1) is 19.4 Å². The van der Waals surface area contributed by atoms with Crippen molar-refractivity contribution in [2.45, 2.75) is 6.10 Å². The van der Waals surface area contributed by atoms with E-state index in [-0.39, 0.29) is 19.1 Å². The molecule has 1 atom stereocenters. The van der Waals surface area contributed by atoms with Gasteiger partial charge in [0.1, 0.15) is 6.29 Å². The van der Waals surface area contributed by atoms with Crippen molar-refractivity contribution in [2.75, 3.05) is 25.2 Å². The van der Waals surface area contributed by atoms with Crippen molar-refractivity contribution in [3.63, 3.8) is 0 Å². The Morgan fingerprint density at radius 3 is 2.67 bits per heavy atom. The molecule has 0 bridgehead atoms. The molecule has 1 N–H and O–H groups in total. The molecule has 3 rings (SSSR count). The number of nitrogens with zero attached hydrogens (tertiary/aromatic N) is 1. The molecule has 0 saturated heterocycles. The third-order valence-electron chi connectivity index (χ3n) is 3.86. The van der Waals surface area contributed by atoms with Crippen LogP contribution in [0.5, 0.6) is 11.5 Å². The first-order valence-corrected chi connectivity index (χ1v) is 7.50. The maximum absolute atomic E-state index is 12.8. The van der Waals surface area contributed by atoms with Gasteiger partial charge in [-0.2, -0.15) is 0 Å². The minimum Gasteiger partial charge on any atom is -0.493 e. The summed E-state index contributed by atoms with van der Waals surface area (Å²) in [7, 11) is 1.47. The number of amides is 1. The van der Waals surface area contributed by atoms with E-state index in [1.54, 1.807) is 24.3 Å². The molecule has 2 aromatic rings. The Morgan fingerprint density at radius 2 is 2.04 bits per heavy atom. The number of benzene rings is 2. The first-order valence-electron chi connectivity index (χ1n) is 7.50. The lowest BCUT2D eigenvalue weighted by Crippen LogP contribution is -2.42. The number of methoxy groups -OCH3 is 1. The van der Waals surface area contributed by atoms with E-state index in [9.17, 15) is 14.7 Å². The van der Waals surface area contributed by atoms with Gasteiger partial charge in [0.15, 0.2) is 11.5 Å². The second kappa shape index (κ2) is 6.72. The number of hydrogen-bond acceptors (Lipinski definition) is 5. The van der Waals surface area contributed by atoms with Gasteiger partial charge in [0.2, 0.25) is 6.10 Å². The van der Waals surface area contributed by atoms with Gasteiger partial charge in [-0.15, -0.1) is 0 Å². The zero-order chi connectivity index (χ0) is 17.1. The predicted molar refractivity (Wildman–Crippen MR) is 87.6 cm³/mol. The lowest BCUT2D eigenvalue weighted by molar-refractivity contribution is -0.126. The lowest BCUT2D eigenvalue weighted by atomic mass is 10.0. The number of aldehydes is 1. The van der Waals surface area contributed by atoms with Crippen LogP contribution in [0.1, 0.15) is 22.0 Å². The topological polar surface area (TPSA) is 76.1 Å². The van der Waals surface area contributed by atoms with E-state index < -0.39 is 6.10 Å². The molecule has 24 heavy (non-hydrogen) atoms. The summed E-state index contributed by atoms with van der Waals surface area (Å²) >= 11 is 0. The Morgan fingerprint density at radius 1 is 1.29 bits per heavy atom. The van der Waals surface area contributed by atoms with E-state index >= 15 is 0 Å². The van der Waals surface area contributed by atoms with Crippen LogP contribution in [0.15, 0.2) is 42.5 Å². The number of aliphatic hydroxyl groups excluding tert-OH is 1. The summed E-state index contributed by atoms with van der Waals surface area (Å²) in [4.78, 5) is 25.4. The largest absolute Gasteiger partial charge is 0.493 e. The standard InChI is InChI=1S/C18H17NO5/c1-23-15-10-12(11-21)9-14-17(15)24-16(13-5-3-2-4-6-13)18(22)19(14)7-8-20/h2-6,9-11,16,20H,7-8H2,1H3. The highest BCUT2D eigenvalue weighted by Crippen LogP contribution is 2.45. The van der Waals surface area contributed by atoms with E-state index in [2.05, 4.69) is 0 Å². The Hall–Kier alpha value is -2.86. The monoisotopic (exact) mass is 327 g/mol. The van der Waals surface area contributed by atoms with Crippen molar-refractivity contribution in [1.29, 1.82) is 0 Å². The molecule has 0 fully saturated rings. The number of carbonyl (C=O) groups excluding carboxylic acids is 2. The van der Waals surface area contributed by atoms with Crippen LogP contribution in [-0.4, -0.2) is 37.6 Å². The summed E-state index contributed by atoms with van der Waals surface area (Å²) in [5.74, 6) is 0.448. The Balaban J connectivity index is 2.14. The summed E-state index contributed by atoms with van der Waals surface area (Å²) in [5.41, 5.74) is 1.49. The zero-order valence-corrected chi connectivity index (χ0v) is 13.1. The van der Waals surface area contributed by atoms with Crippen molar-refractivity contribution in [2.24, 2.45) is 0 Å². The van der Waals surface area contributed by atoms with Crippen molar-refractivity contribution in [3.05, 3.63) is 53.6 Å². The average molecular weight is 327 g/mol. The van der Waals surface area contributed by atoms with Crippen LogP contribution in [-0.2, 0) is 4.79 Å². The quantitative estimate of drug-likeness (QED) is 0.850. The Labute approximate surface area is 139 Å². The number of fused-ring (bicyclic) bond motifs is 1. The fourth-order valence-electron chi connectivity index (χ4n) is 2.74. The number of ether oxygens (including phenoxy) is 2. The van der Waals surface area contributed by atoms with Crippen molar-refractivity contribution < 1.29 is 24.2 Å². The number of carbonyl (C=O) groups is 2. The highest BCUT2D eigenvalue weighted by atomic mass is 16.5. The SMILES string of the molecule is COc1cc(C=O)cc2c1OC(c1ccccc1)C(=O)N2CCO. The van der Waals surface area contributed by atoms with Crippen LogP contribution >= 0.6 is 0 Å². The number of β-amino-alcohol motifs (C(OH)–C–C–N with tert-alkyl or cyclic N) is 1. The predicted octanol–water partition coefficient (Wildman–Crippen LogP) is 1.97. The van der Waals surface area contributed by atoms with Crippen molar-refractivity contribution in [1.82, 2.24) is 0 Å². The third-order valence-corrected chi connectivity index (χ3v) is 3.86. The van der Waals surface area contributed by atoms with E-state index in [4.69, 9.17) is 9.47 Å². The summed E-state index contributed by atoms with van der Waals surface area (Å²) in [6, 6.07) is 12.2. The molecule has 1 amide bonds. The zero-order valence-electron chi connectivity index (χ0n) is 13.1. The fraction of sp³-hybridized carbons (Fsp3) is 0.222. The van der Waals surface area contributed by atoms with Gasteiger partial charge in [-0.05, 0) is 12.1 Å². The molecule has 1 unspecified atom stereocenters. The maximum atomic E-state index is 12.8. The summed E-state index contributed by atoms with van der Waals surface area (Å²) in [5, 5.41) is 9.34. The second-order valence-electron chi connectivity index (χ2n) is 5.31. The summed E-state index contributed by atoms with van der Waals surface area (Å²) < 4.78 is 11.2. The maximum Gasteiger partial charge on any atom is 0.272 e. The normalized spacial score (nSPS) is 16.3.